The summed E-state index contributed by atoms with van der Waals surface area (Å²) in [7, 11) is 0. The minimum Gasteiger partial charge on any atom is -0.396 e. The standard InChI is InChI=1S/C11H17N3S/c1-8-2-3-10(12)11(14-8)13-6-9-4-5-15-7-9/h2-3,9H,4-7,12H2,1H3,(H,13,14). The van der Waals surface area contributed by atoms with E-state index >= 15 is 0 Å². The molecular weight excluding hydrogens is 206 g/mol. The van der Waals surface area contributed by atoms with Gasteiger partial charge in [0.15, 0.2) is 0 Å². The van der Waals surface area contributed by atoms with Crippen molar-refractivity contribution in [3.8, 4) is 0 Å². The molecule has 3 N–H and O–H groups in total. The van der Waals surface area contributed by atoms with Crippen LogP contribution in [0.2, 0.25) is 0 Å². The number of thioether (sulfide) groups is 1. The molecule has 1 saturated heterocycles. The average Bonchev–Trinajstić information content (AvgIpc) is 2.72. The summed E-state index contributed by atoms with van der Waals surface area (Å²) < 4.78 is 0. The fourth-order valence-corrected chi connectivity index (χ4v) is 2.98. The van der Waals surface area contributed by atoms with Crippen LogP contribution in [0.1, 0.15) is 12.1 Å². The third kappa shape index (κ3) is 2.78. The van der Waals surface area contributed by atoms with Gasteiger partial charge < -0.3 is 11.1 Å². The predicted molar refractivity (Wildman–Crippen MR) is 67.3 cm³/mol. The Hall–Kier alpha value is -0.900. The predicted octanol–water partition coefficient (Wildman–Crippen LogP) is 2.14. The summed E-state index contributed by atoms with van der Waals surface area (Å²) in [6.45, 7) is 2.98. The molecule has 1 aromatic rings. The third-order valence-corrected chi connectivity index (χ3v) is 3.88. The third-order valence-electron chi connectivity index (χ3n) is 2.65. The summed E-state index contributed by atoms with van der Waals surface area (Å²) in [6, 6.07) is 3.85. The Morgan fingerprint density at radius 3 is 3.20 bits per heavy atom. The summed E-state index contributed by atoms with van der Waals surface area (Å²) in [5, 5.41) is 3.35. The average molecular weight is 223 g/mol. The second kappa shape index (κ2) is 4.75. The molecule has 4 heteroatoms. The first-order valence-corrected chi connectivity index (χ1v) is 6.46. The van der Waals surface area contributed by atoms with Gasteiger partial charge >= 0.3 is 0 Å². The van der Waals surface area contributed by atoms with Crippen LogP contribution in [0.15, 0.2) is 12.1 Å². The van der Waals surface area contributed by atoms with Crippen molar-refractivity contribution in [2.45, 2.75) is 13.3 Å². The molecule has 1 aromatic heterocycles. The van der Waals surface area contributed by atoms with E-state index < -0.39 is 0 Å². The molecule has 0 amide bonds. The van der Waals surface area contributed by atoms with E-state index in [-0.39, 0.29) is 0 Å². The van der Waals surface area contributed by atoms with E-state index in [0.717, 1.165) is 29.7 Å². The SMILES string of the molecule is Cc1ccc(N)c(NCC2CCSC2)n1. The molecule has 1 unspecified atom stereocenters. The first-order chi connectivity index (χ1) is 7.25. The number of rotatable bonds is 3. The number of nitrogens with zero attached hydrogens (tertiary/aromatic N) is 1. The van der Waals surface area contributed by atoms with Gasteiger partial charge in [-0.2, -0.15) is 11.8 Å². The zero-order valence-corrected chi connectivity index (χ0v) is 9.81. The molecule has 1 aliphatic heterocycles. The summed E-state index contributed by atoms with van der Waals surface area (Å²) >= 11 is 2.03. The second-order valence-corrected chi connectivity index (χ2v) is 5.15. The van der Waals surface area contributed by atoms with Gasteiger partial charge in [-0.3, -0.25) is 0 Å². The lowest BCUT2D eigenvalue weighted by Crippen LogP contribution is -2.15. The van der Waals surface area contributed by atoms with Crippen LogP contribution in [0.4, 0.5) is 11.5 Å². The molecule has 0 saturated carbocycles. The minimum atomic E-state index is 0.742. The maximum atomic E-state index is 5.84. The van der Waals surface area contributed by atoms with Gasteiger partial charge in [-0.15, -0.1) is 0 Å². The van der Waals surface area contributed by atoms with Crippen molar-refractivity contribution >= 4 is 23.3 Å². The number of nitrogens with one attached hydrogen (secondary N) is 1. The molecule has 1 aliphatic rings. The lowest BCUT2D eigenvalue weighted by atomic mass is 10.1. The highest BCUT2D eigenvalue weighted by Crippen LogP contribution is 2.24. The van der Waals surface area contributed by atoms with E-state index in [2.05, 4.69) is 10.3 Å². The van der Waals surface area contributed by atoms with Crippen molar-refractivity contribution < 1.29 is 0 Å². The normalized spacial score (nSPS) is 20.5. The molecule has 1 fully saturated rings. The van der Waals surface area contributed by atoms with Crippen molar-refractivity contribution in [1.82, 2.24) is 4.98 Å². The van der Waals surface area contributed by atoms with Gasteiger partial charge in [-0.1, -0.05) is 0 Å². The Balaban J connectivity index is 1.94. The summed E-state index contributed by atoms with van der Waals surface area (Å²) in [5.41, 5.74) is 7.59. The number of nitrogens with two attached hydrogens (primary N) is 1. The van der Waals surface area contributed by atoms with Crippen molar-refractivity contribution in [2.75, 3.05) is 29.1 Å². The fraction of sp³-hybridized carbons (Fsp3) is 0.545. The lowest BCUT2D eigenvalue weighted by Gasteiger charge is -2.12. The number of anilines is 2. The fourth-order valence-electron chi connectivity index (χ4n) is 1.69. The lowest BCUT2D eigenvalue weighted by molar-refractivity contribution is 0.630. The molecule has 0 aliphatic carbocycles. The zero-order valence-electron chi connectivity index (χ0n) is 8.99. The van der Waals surface area contributed by atoms with Gasteiger partial charge in [-0.25, -0.2) is 4.98 Å². The van der Waals surface area contributed by atoms with E-state index in [4.69, 9.17) is 5.73 Å². The van der Waals surface area contributed by atoms with Crippen LogP contribution in [0.5, 0.6) is 0 Å². The molecule has 0 spiro atoms. The second-order valence-electron chi connectivity index (χ2n) is 4.00. The van der Waals surface area contributed by atoms with E-state index in [9.17, 15) is 0 Å². The van der Waals surface area contributed by atoms with Gasteiger partial charge in [-0.05, 0) is 42.9 Å². The van der Waals surface area contributed by atoms with E-state index in [1.54, 1.807) is 0 Å². The smallest absolute Gasteiger partial charge is 0.149 e. The van der Waals surface area contributed by atoms with Gasteiger partial charge in [0.25, 0.3) is 0 Å². The molecule has 1 atom stereocenters. The van der Waals surface area contributed by atoms with Crippen molar-refractivity contribution in [1.29, 1.82) is 0 Å². The van der Waals surface area contributed by atoms with Crippen LogP contribution in [0.25, 0.3) is 0 Å². The summed E-state index contributed by atoms with van der Waals surface area (Å²) in [4.78, 5) is 4.39. The summed E-state index contributed by atoms with van der Waals surface area (Å²) in [5.74, 6) is 4.17. The largest absolute Gasteiger partial charge is 0.396 e. The highest BCUT2D eigenvalue weighted by Gasteiger charge is 2.15. The van der Waals surface area contributed by atoms with Gasteiger partial charge in [0.2, 0.25) is 0 Å². The Kier molecular flexibility index (Phi) is 3.36. The van der Waals surface area contributed by atoms with Gasteiger partial charge in [0.05, 0.1) is 5.69 Å². The quantitative estimate of drug-likeness (QED) is 0.824. The number of hydrogen-bond acceptors (Lipinski definition) is 4. The van der Waals surface area contributed by atoms with Crippen molar-refractivity contribution in [3.05, 3.63) is 17.8 Å². The Morgan fingerprint density at radius 2 is 2.47 bits per heavy atom. The van der Waals surface area contributed by atoms with E-state index in [0.29, 0.717) is 0 Å². The monoisotopic (exact) mass is 223 g/mol. The molecule has 0 bridgehead atoms. The number of hydrogen-bond donors (Lipinski definition) is 2. The molecule has 15 heavy (non-hydrogen) atoms. The van der Waals surface area contributed by atoms with Crippen LogP contribution < -0.4 is 11.1 Å². The molecular formula is C11H17N3S. The molecule has 82 valence electrons. The maximum absolute atomic E-state index is 5.84. The number of aryl methyl sites for hydroxylation is 1. The summed E-state index contributed by atoms with van der Waals surface area (Å²) in [6.07, 6.45) is 1.31. The van der Waals surface area contributed by atoms with Crippen LogP contribution in [0.3, 0.4) is 0 Å². The molecule has 0 radical (unpaired) electrons. The molecule has 3 nitrogen and oxygen atoms in total. The minimum absolute atomic E-state index is 0.742. The van der Waals surface area contributed by atoms with Gasteiger partial charge in [0, 0.05) is 12.2 Å². The van der Waals surface area contributed by atoms with E-state index in [1.807, 2.05) is 30.8 Å². The van der Waals surface area contributed by atoms with Crippen LogP contribution in [-0.2, 0) is 0 Å². The van der Waals surface area contributed by atoms with Crippen LogP contribution in [-0.4, -0.2) is 23.0 Å². The molecule has 0 aromatic carbocycles. The highest BCUT2D eigenvalue weighted by molar-refractivity contribution is 7.99. The number of pyridine rings is 1. The first kappa shape index (κ1) is 10.6. The molecule has 2 heterocycles. The maximum Gasteiger partial charge on any atom is 0.149 e. The highest BCUT2D eigenvalue weighted by atomic mass is 32.2. The number of nitrogen functional groups attached to an aromatic ring is 1. The topological polar surface area (TPSA) is 50.9 Å². The Bertz CT molecular complexity index is 335. The van der Waals surface area contributed by atoms with Crippen LogP contribution in [0, 0.1) is 12.8 Å². The number of aromatic nitrogens is 1. The van der Waals surface area contributed by atoms with Crippen LogP contribution >= 0.6 is 11.8 Å². The zero-order chi connectivity index (χ0) is 10.7. The molecule has 2 rings (SSSR count). The van der Waals surface area contributed by atoms with Crippen molar-refractivity contribution in [2.24, 2.45) is 5.92 Å². The van der Waals surface area contributed by atoms with Gasteiger partial charge in [0.1, 0.15) is 5.82 Å². The first-order valence-electron chi connectivity index (χ1n) is 5.30. The van der Waals surface area contributed by atoms with E-state index in [1.165, 1.54) is 17.9 Å². The Labute approximate surface area is 94.8 Å². The Morgan fingerprint density at radius 1 is 1.60 bits per heavy atom. The van der Waals surface area contributed by atoms with Crippen molar-refractivity contribution in [3.63, 3.8) is 0 Å².